The number of carbonyl (C=O) groups is 2. The second-order valence-electron chi connectivity index (χ2n) is 4.54. The highest BCUT2D eigenvalue weighted by molar-refractivity contribution is 5.95. The zero-order valence-electron chi connectivity index (χ0n) is 11.6. The summed E-state index contributed by atoms with van der Waals surface area (Å²) in [4.78, 5) is 23.7. The predicted octanol–water partition coefficient (Wildman–Crippen LogP) is 1.29. The molecule has 0 saturated carbocycles. The number of allylic oxidation sites excluding steroid dienone is 1. The molecular weight excluding hydrogens is 276 g/mol. The van der Waals surface area contributed by atoms with E-state index in [-0.39, 0.29) is 23.7 Å². The van der Waals surface area contributed by atoms with Crippen molar-refractivity contribution in [1.29, 1.82) is 0 Å². The topological polar surface area (TPSA) is 108 Å². The number of hydrogen-bond donors (Lipinski definition) is 4. The van der Waals surface area contributed by atoms with Crippen LogP contribution in [0.25, 0.3) is 0 Å². The van der Waals surface area contributed by atoms with E-state index in [1.807, 2.05) is 0 Å². The molecule has 0 bridgehead atoms. The van der Waals surface area contributed by atoms with Crippen molar-refractivity contribution in [1.82, 2.24) is 10.6 Å². The lowest BCUT2D eigenvalue weighted by Gasteiger charge is -2.28. The maximum atomic E-state index is 12.1. The average molecular weight is 292 g/mol. The minimum absolute atomic E-state index is 0.205. The van der Waals surface area contributed by atoms with Crippen LogP contribution in [-0.2, 0) is 9.53 Å². The van der Waals surface area contributed by atoms with Gasteiger partial charge in [0.2, 0.25) is 0 Å². The number of benzene rings is 1. The van der Waals surface area contributed by atoms with Crippen molar-refractivity contribution < 1.29 is 24.5 Å². The van der Waals surface area contributed by atoms with Gasteiger partial charge in [0.05, 0.1) is 18.2 Å². The highest BCUT2D eigenvalue weighted by Gasteiger charge is 2.32. The molecule has 0 saturated heterocycles. The van der Waals surface area contributed by atoms with Crippen molar-refractivity contribution in [3.8, 4) is 11.5 Å². The van der Waals surface area contributed by atoms with Gasteiger partial charge in [-0.1, -0.05) is 6.07 Å². The number of nitrogens with one attached hydrogen (secondary N) is 2. The Bertz CT molecular complexity index is 624. The van der Waals surface area contributed by atoms with Gasteiger partial charge in [0.1, 0.15) is 0 Å². The van der Waals surface area contributed by atoms with Crippen LogP contribution in [0.1, 0.15) is 25.5 Å². The number of carbonyl (C=O) groups excluding carboxylic acids is 2. The van der Waals surface area contributed by atoms with Gasteiger partial charge in [0.25, 0.3) is 0 Å². The summed E-state index contributed by atoms with van der Waals surface area (Å²) in [5, 5.41) is 24.0. The molecule has 0 aromatic heterocycles. The van der Waals surface area contributed by atoms with E-state index in [2.05, 4.69) is 10.6 Å². The van der Waals surface area contributed by atoms with Crippen molar-refractivity contribution >= 4 is 12.0 Å². The molecule has 1 atom stereocenters. The zero-order valence-corrected chi connectivity index (χ0v) is 11.6. The molecule has 0 aliphatic carbocycles. The first kappa shape index (κ1) is 14.7. The summed E-state index contributed by atoms with van der Waals surface area (Å²) in [6.45, 7) is 3.49. The van der Waals surface area contributed by atoms with Gasteiger partial charge in [-0.2, -0.15) is 0 Å². The largest absolute Gasteiger partial charge is 0.504 e. The molecule has 1 aliphatic heterocycles. The SMILES string of the molecule is CCOC(=O)C1=C(C)NC(=O)N[C@@H]1c1ccc(O)c(O)c1. The molecule has 1 aliphatic rings. The van der Waals surface area contributed by atoms with Gasteiger partial charge in [-0.15, -0.1) is 0 Å². The molecule has 2 rings (SSSR count). The number of aromatic hydroxyl groups is 2. The van der Waals surface area contributed by atoms with Gasteiger partial charge in [-0.05, 0) is 31.5 Å². The Balaban J connectivity index is 2.46. The third-order valence-corrected chi connectivity index (χ3v) is 3.10. The van der Waals surface area contributed by atoms with Gasteiger partial charge in [0, 0.05) is 5.70 Å². The number of phenols is 2. The molecule has 0 radical (unpaired) electrons. The predicted molar refractivity (Wildman–Crippen MR) is 73.5 cm³/mol. The van der Waals surface area contributed by atoms with E-state index in [0.29, 0.717) is 11.3 Å². The molecule has 112 valence electrons. The molecule has 7 nitrogen and oxygen atoms in total. The normalized spacial score (nSPS) is 18.0. The van der Waals surface area contributed by atoms with Gasteiger partial charge >= 0.3 is 12.0 Å². The Morgan fingerprint density at radius 1 is 1.33 bits per heavy atom. The highest BCUT2D eigenvalue weighted by Crippen LogP contribution is 2.33. The molecule has 0 unspecified atom stereocenters. The van der Waals surface area contributed by atoms with Crippen molar-refractivity contribution in [3.05, 3.63) is 35.0 Å². The standard InChI is InChI=1S/C14H16N2O5/c1-3-21-13(19)11-7(2)15-14(20)16-12(11)8-4-5-9(17)10(18)6-8/h4-6,12,17-18H,3H2,1-2H3,(H2,15,16,20)/t12-/m1/s1. The first-order valence-corrected chi connectivity index (χ1v) is 6.41. The lowest BCUT2D eigenvalue weighted by Crippen LogP contribution is -2.45. The zero-order chi connectivity index (χ0) is 15.6. The molecule has 7 heteroatoms. The molecular formula is C14H16N2O5. The van der Waals surface area contributed by atoms with E-state index >= 15 is 0 Å². The maximum Gasteiger partial charge on any atom is 0.338 e. The number of urea groups is 1. The summed E-state index contributed by atoms with van der Waals surface area (Å²) in [7, 11) is 0. The molecule has 0 spiro atoms. The molecule has 4 N–H and O–H groups in total. The van der Waals surface area contributed by atoms with Crippen LogP contribution in [-0.4, -0.2) is 28.8 Å². The fourth-order valence-electron chi connectivity index (χ4n) is 2.14. The third kappa shape index (κ3) is 2.91. The van der Waals surface area contributed by atoms with Crippen LogP contribution in [0, 0.1) is 0 Å². The average Bonchev–Trinajstić information content (AvgIpc) is 2.41. The number of phenolic OH excluding ortho intramolecular Hbond substituents is 2. The summed E-state index contributed by atoms with van der Waals surface area (Å²) in [6.07, 6.45) is 0. The van der Waals surface area contributed by atoms with Crippen LogP contribution in [0.4, 0.5) is 4.79 Å². The van der Waals surface area contributed by atoms with E-state index in [1.54, 1.807) is 13.8 Å². The lowest BCUT2D eigenvalue weighted by molar-refractivity contribution is -0.139. The van der Waals surface area contributed by atoms with Crippen molar-refractivity contribution in [3.63, 3.8) is 0 Å². The number of esters is 1. The van der Waals surface area contributed by atoms with Crippen molar-refractivity contribution in [2.75, 3.05) is 6.61 Å². The van der Waals surface area contributed by atoms with E-state index in [0.717, 1.165) is 0 Å². The quantitative estimate of drug-likeness (QED) is 0.496. The second-order valence-corrected chi connectivity index (χ2v) is 4.54. The number of amides is 2. The van der Waals surface area contributed by atoms with Crippen LogP contribution in [0.2, 0.25) is 0 Å². The summed E-state index contributed by atoms with van der Waals surface area (Å²) in [5.41, 5.74) is 1.10. The van der Waals surface area contributed by atoms with Crippen LogP contribution in [0.5, 0.6) is 11.5 Å². The number of rotatable bonds is 3. The van der Waals surface area contributed by atoms with Gasteiger partial charge < -0.3 is 25.6 Å². The second kappa shape index (κ2) is 5.74. The third-order valence-electron chi connectivity index (χ3n) is 3.10. The van der Waals surface area contributed by atoms with Gasteiger partial charge in [0.15, 0.2) is 11.5 Å². The van der Waals surface area contributed by atoms with Crippen molar-refractivity contribution in [2.24, 2.45) is 0 Å². The van der Waals surface area contributed by atoms with Crippen LogP contribution in [0.3, 0.4) is 0 Å². The van der Waals surface area contributed by atoms with Gasteiger partial charge in [-0.3, -0.25) is 0 Å². The van der Waals surface area contributed by atoms with E-state index in [4.69, 9.17) is 4.74 Å². The Morgan fingerprint density at radius 2 is 2.05 bits per heavy atom. The summed E-state index contributed by atoms with van der Waals surface area (Å²) in [6, 6.07) is 2.87. The Morgan fingerprint density at radius 3 is 2.67 bits per heavy atom. The summed E-state index contributed by atoms with van der Waals surface area (Å²) >= 11 is 0. The van der Waals surface area contributed by atoms with E-state index in [9.17, 15) is 19.8 Å². The first-order valence-electron chi connectivity index (χ1n) is 6.41. The molecule has 1 heterocycles. The minimum atomic E-state index is -0.760. The smallest absolute Gasteiger partial charge is 0.338 e. The molecule has 1 aromatic carbocycles. The van der Waals surface area contributed by atoms with Crippen LogP contribution >= 0.6 is 0 Å². The van der Waals surface area contributed by atoms with Crippen LogP contribution < -0.4 is 10.6 Å². The molecule has 1 aromatic rings. The van der Waals surface area contributed by atoms with Crippen LogP contribution in [0.15, 0.2) is 29.5 Å². The highest BCUT2D eigenvalue weighted by atomic mass is 16.5. The van der Waals surface area contributed by atoms with Crippen molar-refractivity contribution in [2.45, 2.75) is 19.9 Å². The minimum Gasteiger partial charge on any atom is -0.504 e. The summed E-state index contributed by atoms with van der Waals surface area (Å²) < 4.78 is 4.99. The number of ether oxygens (including phenoxy) is 1. The molecule has 21 heavy (non-hydrogen) atoms. The summed E-state index contributed by atoms with van der Waals surface area (Å²) in [5.74, 6) is -1.17. The first-order chi connectivity index (χ1) is 9.93. The Kier molecular flexibility index (Phi) is 4.02. The molecule has 2 amide bonds. The number of hydrogen-bond acceptors (Lipinski definition) is 5. The van der Waals surface area contributed by atoms with E-state index in [1.165, 1.54) is 18.2 Å². The molecule has 0 fully saturated rings. The maximum absolute atomic E-state index is 12.1. The lowest BCUT2D eigenvalue weighted by atomic mass is 9.95. The van der Waals surface area contributed by atoms with Gasteiger partial charge in [-0.25, -0.2) is 9.59 Å². The Labute approximate surface area is 121 Å². The fraction of sp³-hybridized carbons (Fsp3) is 0.286. The Hall–Kier alpha value is -2.70. The fourth-order valence-corrected chi connectivity index (χ4v) is 2.14. The van der Waals surface area contributed by atoms with E-state index < -0.39 is 18.0 Å². The monoisotopic (exact) mass is 292 g/mol.